The molecule has 0 saturated carbocycles. The van der Waals surface area contributed by atoms with Gasteiger partial charge in [-0.2, -0.15) is 8.42 Å². The van der Waals surface area contributed by atoms with Crippen molar-refractivity contribution in [2.75, 3.05) is 13.2 Å². The van der Waals surface area contributed by atoms with Crippen molar-refractivity contribution in [3.8, 4) is 5.75 Å². The molecule has 2 N–H and O–H groups in total. The van der Waals surface area contributed by atoms with Crippen LogP contribution in [0.3, 0.4) is 0 Å². The average molecular weight is 462 g/mol. The van der Waals surface area contributed by atoms with E-state index in [0.29, 0.717) is 16.3 Å². The van der Waals surface area contributed by atoms with Crippen molar-refractivity contribution >= 4 is 33.9 Å². The number of hydrogen-bond acceptors (Lipinski definition) is 8. The zero-order valence-corrected chi connectivity index (χ0v) is 17.6. The molecule has 164 valence electrons. The molecule has 30 heavy (non-hydrogen) atoms. The van der Waals surface area contributed by atoms with Gasteiger partial charge in [0, 0.05) is 17.4 Å². The van der Waals surface area contributed by atoms with Gasteiger partial charge in [-0.3, -0.25) is 14.1 Å². The highest BCUT2D eigenvalue weighted by atomic mass is 35.5. The normalized spacial score (nSPS) is 11.0. The lowest BCUT2D eigenvalue weighted by Crippen LogP contribution is -2.40. The highest BCUT2D eigenvalue weighted by Gasteiger charge is 2.31. The van der Waals surface area contributed by atoms with Gasteiger partial charge in [0.1, 0.15) is 19.0 Å². The van der Waals surface area contributed by atoms with Crippen molar-refractivity contribution in [1.82, 2.24) is 4.98 Å². The number of aromatic nitrogens is 1. The Morgan fingerprint density at radius 1 is 1.07 bits per heavy atom. The Morgan fingerprint density at radius 3 is 2.17 bits per heavy atom. The van der Waals surface area contributed by atoms with E-state index in [1.165, 1.54) is 6.20 Å². The predicted molar refractivity (Wildman–Crippen MR) is 106 cm³/mol. The summed E-state index contributed by atoms with van der Waals surface area (Å²) in [6, 6.07) is 9.87. The molecule has 10 nitrogen and oxygen atoms in total. The van der Waals surface area contributed by atoms with Crippen molar-refractivity contribution in [3.63, 3.8) is 0 Å². The van der Waals surface area contributed by atoms with Crippen LogP contribution < -0.4 is 4.74 Å². The highest BCUT2D eigenvalue weighted by Crippen LogP contribution is 2.21. The first kappa shape index (κ1) is 25.3. The van der Waals surface area contributed by atoms with E-state index in [0.717, 1.165) is 0 Å². The van der Waals surface area contributed by atoms with Gasteiger partial charge in [-0.15, -0.1) is 0 Å². The van der Waals surface area contributed by atoms with Crippen LogP contribution in [0.15, 0.2) is 48.8 Å². The highest BCUT2D eigenvalue weighted by molar-refractivity contribution is 7.79. The van der Waals surface area contributed by atoms with Gasteiger partial charge in [-0.1, -0.05) is 11.6 Å². The zero-order chi connectivity index (χ0) is 22.8. The van der Waals surface area contributed by atoms with Crippen LogP contribution in [0.4, 0.5) is 0 Å². The van der Waals surface area contributed by atoms with Crippen LogP contribution in [0.5, 0.6) is 5.75 Å². The first-order valence-corrected chi connectivity index (χ1v) is 10.0. The first-order chi connectivity index (χ1) is 13.9. The summed E-state index contributed by atoms with van der Waals surface area (Å²) >= 11 is 5.81. The number of ether oxygens (including phenoxy) is 3. The fourth-order valence-electron chi connectivity index (χ4n) is 1.85. The SMILES string of the molecule is CC(C)(Oc1ccc(Cl)cc1)C(=O)OCCOC(=O)c1cccnc1.O=S(=O)(O)O. The van der Waals surface area contributed by atoms with Gasteiger partial charge in [-0.05, 0) is 50.2 Å². The Morgan fingerprint density at radius 2 is 1.63 bits per heavy atom. The second-order valence-corrected chi connectivity index (χ2v) is 7.36. The lowest BCUT2D eigenvalue weighted by molar-refractivity contribution is -0.160. The lowest BCUT2D eigenvalue weighted by atomic mass is 10.1. The van der Waals surface area contributed by atoms with Crippen molar-refractivity contribution in [2.45, 2.75) is 19.4 Å². The summed E-state index contributed by atoms with van der Waals surface area (Å²) in [6.45, 7) is 3.05. The number of hydrogen-bond donors (Lipinski definition) is 2. The van der Waals surface area contributed by atoms with Crippen molar-refractivity contribution < 1.29 is 41.3 Å². The molecule has 1 aromatic carbocycles. The predicted octanol–water partition coefficient (Wildman–Crippen LogP) is 2.64. The molecule has 0 aliphatic heterocycles. The van der Waals surface area contributed by atoms with Crippen LogP contribution >= 0.6 is 11.6 Å². The Kier molecular flexibility index (Phi) is 9.66. The molecule has 0 unspecified atom stereocenters. The molecule has 0 aliphatic rings. The topological polar surface area (TPSA) is 149 Å². The number of nitrogens with zero attached hydrogens (tertiary/aromatic N) is 1. The molecule has 0 atom stereocenters. The largest absolute Gasteiger partial charge is 0.476 e. The molecule has 1 aromatic heterocycles. The monoisotopic (exact) mass is 461 g/mol. The van der Waals surface area contributed by atoms with E-state index in [1.54, 1.807) is 56.4 Å². The maximum Gasteiger partial charge on any atom is 0.394 e. The number of carbonyl (C=O) groups is 2. The third-order valence-electron chi connectivity index (χ3n) is 3.13. The lowest BCUT2D eigenvalue weighted by Gasteiger charge is -2.24. The minimum Gasteiger partial charge on any atom is -0.476 e. The van der Waals surface area contributed by atoms with Gasteiger partial charge in [0.2, 0.25) is 0 Å². The molecule has 1 heterocycles. The standard InChI is InChI=1S/C18H18ClNO5.H2O4S/c1-18(2,25-15-7-5-14(19)6-8-15)17(22)24-11-10-23-16(21)13-4-3-9-20-12-13;1-5(2,3)4/h3-9,12H,10-11H2,1-2H3;(H2,1,2,3,4). The minimum atomic E-state index is -4.67. The molecular formula is C18H20ClNO9S. The minimum absolute atomic E-state index is 0.0590. The van der Waals surface area contributed by atoms with Gasteiger partial charge in [0.05, 0.1) is 5.56 Å². The van der Waals surface area contributed by atoms with Crippen molar-refractivity contribution in [3.05, 3.63) is 59.4 Å². The fraction of sp³-hybridized carbons (Fsp3) is 0.278. The molecule has 0 aliphatic carbocycles. The quantitative estimate of drug-likeness (QED) is 0.357. The van der Waals surface area contributed by atoms with Gasteiger partial charge in [-0.25, -0.2) is 9.59 Å². The molecule has 0 bridgehead atoms. The summed E-state index contributed by atoms with van der Waals surface area (Å²) in [7, 11) is -4.67. The molecule has 2 rings (SSSR count). The summed E-state index contributed by atoms with van der Waals surface area (Å²) in [5.74, 6) is -0.602. The Bertz CT molecular complexity index is 924. The van der Waals surface area contributed by atoms with Crippen LogP contribution in [0.2, 0.25) is 5.02 Å². The average Bonchev–Trinajstić information content (AvgIpc) is 2.66. The molecule has 0 radical (unpaired) electrons. The van der Waals surface area contributed by atoms with Gasteiger partial charge < -0.3 is 14.2 Å². The number of rotatable bonds is 7. The summed E-state index contributed by atoms with van der Waals surface area (Å²) in [4.78, 5) is 27.7. The molecular weight excluding hydrogens is 442 g/mol. The van der Waals surface area contributed by atoms with E-state index in [9.17, 15) is 9.59 Å². The summed E-state index contributed by atoms with van der Waals surface area (Å²) in [5.41, 5.74) is -0.860. The van der Waals surface area contributed by atoms with Crippen molar-refractivity contribution in [2.24, 2.45) is 0 Å². The van der Waals surface area contributed by atoms with E-state index in [-0.39, 0.29) is 13.2 Å². The Hall–Kier alpha value is -2.73. The molecule has 12 heteroatoms. The third kappa shape index (κ3) is 10.7. The van der Waals surface area contributed by atoms with Gasteiger partial charge >= 0.3 is 22.3 Å². The van der Waals surface area contributed by atoms with E-state index in [1.807, 2.05) is 0 Å². The maximum absolute atomic E-state index is 12.1. The molecule has 0 saturated heterocycles. The molecule has 2 aromatic rings. The van der Waals surface area contributed by atoms with E-state index < -0.39 is 27.9 Å². The van der Waals surface area contributed by atoms with Crippen LogP contribution in [0.1, 0.15) is 24.2 Å². The number of benzene rings is 1. The van der Waals surface area contributed by atoms with Crippen LogP contribution in [-0.4, -0.2) is 53.3 Å². The van der Waals surface area contributed by atoms with Gasteiger partial charge in [0.25, 0.3) is 0 Å². The second kappa shape index (κ2) is 11.5. The Labute approximate surface area is 178 Å². The molecule has 0 fully saturated rings. The maximum atomic E-state index is 12.1. The summed E-state index contributed by atoms with van der Waals surface area (Å²) in [5, 5.41) is 0.572. The first-order valence-electron chi connectivity index (χ1n) is 8.27. The number of halogens is 1. The zero-order valence-electron chi connectivity index (χ0n) is 16.0. The van der Waals surface area contributed by atoms with Crippen LogP contribution in [0, 0.1) is 0 Å². The van der Waals surface area contributed by atoms with Crippen LogP contribution in [0.25, 0.3) is 0 Å². The summed E-state index contributed by atoms with van der Waals surface area (Å²) < 4.78 is 47.3. The number of esters is 2. The smallest absolute Gasteiger partial charge is 0.394 e. The molecule has 0 spiro atoms. The Balaban J connectivity index is 0.000000804. The van der Waals surface area contributed by atoms with Gasteiger partial charge in [0.15, 0.2) is 5.60 Å². The number of carbonyl (C=O) groups excluding carboxylic acids is 2. The second-order valence-electron chi connectivity index (χ2n) is 6.03. The fourth-order valence-corrected chi connectivity index (χ4v) is 1.97. The van der Waals surface area contributed by atoms with Crippen molar-refractivity contribution in [1.29, 1.82) is 0 Å². The van der Waals surface area contributed by atoms with E-state index >= 15 is 0 Å². The number of pyridine rings is 1. The summed E-state index contributed by atoms with van der Waals surface area (Å²) in [6.07, 6.45) is 2.96. The van der Waals surface area contributed by atoms with E-state index in [2.05, 4.69) is 4.98 Å². The van der Waals surface area contributed by atoms with Crippen LogP contribution in [-0.2, 0) is 24.7 Å². The molecule has 0 amide bonds. The van der Waals surface area contributed by atoms with E-state index in [4.69, 9.17) is 43.3 Å². The third-order valence-corrected chi connectivity index (χ3v) is 3.38.